The maximum Gasteiger partial charge on any atom is 0.136 e. The Morgan fingerprint density at radius 3 is 2.33 bits per heavy atom. The zero-order valence-electron chi connectivity index (χ0n) is 21.4. The van der Waals surface area contributed by atoms with Crippen molar-refractivity contribution in [3.8, 4) is 23.3 Å². The maximum absolute atomic E-state index is 10.0. The molecule has 186 valence electrons. The predicted octanol–water partition coefficient (Wildman–Crippen LogP) is 8.68. The van der Waals surface area contributed by atoms with Crippen LogP contribution in [-0.2, 0) is 0 Å². The van der Waals surface area contributed by atoms with Crippen molar-refractivity contribution in [1.82, 2.24) is 0 Å². The third-order valence-corrected chi connectivity index (χ3v) is 8.28. The van der Waals surface area contributed by atoms with Crippen LogP contribution in [0.1, 0.15) is 33.7 Å². The Balaban J connectivity index is 1.32. The Hall–Kier alpha value is -5.58. The van der Waals surface area contributed by atoms with E-state index in [1.807, 2.05) is 24.3 Å². The number of anilines is 2. The van der Waals surface area contributed by atoms with E-state index in [4.69, 9.17) is 4.42 Å². The highest BCUT2D eigenvalue weighted by Gasteiger charge is 2.42. The van der Waals surface area contributed by atoms with E-state index in [-0.39, 0.29) is 12.0 Å². The molecule has 5 aromatic carbocycles. The number of hydrogen-bond acceptors (Lipinski definition) is 4. The van der Waals surface area contributed by atoms with Crippen LogP contribution < -0.4 is 4.90 Å². The van der Waals surface area contributed by atoms with Crippen molar-refractivity contribution >= 4 is 39.4 Å². The van der Waals surface area contributed by atoms with Crippen LogP contribution in [0.3, 0.4) is 0 Å². The number of rotatable bonds is 2. The van der Waals surface area contributed by atoms with E-state index in [2.05, 4.69) is 95.9 Å². The molecule has 0 N–H and O–H groups in total. The molecule has 0 saturated heterocycles. The molecule has 2 atom stereocenters. The van der Waals surface area contributed by atoms with Crippen LogP contribution in [0.5, 0.6) is 0 Å². The zero-order valence-corrected chi connectivity index (χ0v) is 21.4. The Kier molecular flexibility index (Phi) is 4.74. The van der Waals surface area contributed by atoms with Gasteiger partial charge in [-0.1, -0.05) is 66.7 Å². The summed E-state index contributed by atoms with van der Waals surface area (Å²) in [7, 11) is 0. The van der Waals surface area contributed by atoms with E-state index < -0.39 is 0 Å². The Morgan fingerprint density at radius 1 is 0.650 bits per heavy atom. The topological polar surface area (TPSA) is 64.0 Å². The third-order valence-electron chi connectivity index (χ3n) is 8.28. The van der Waals surface area contributed by atoms with E-state index in [1.54, 1.807) is 12.1 Å². The molecule has 0 saturated carbocycles. The zero-order chi connectivity index (χ0) is 26.8. The minimum atomic E-state index is 0.0121. The minimum Gasteiger partial charge on any atom is -0.456 e. The van der Waals surface area contributed by atoms with E-state index in [0.29, 0.717) is 11.1 Å². The quantitative estimate of drug-likeness (QED) is 0.233. The first kappa shape index (κ1) is 22.4. The fraction of sp³-hybridized carbons (Fsp3) is 0.0556. The van der Waals surface area contributed by atoms with E-state index >= 15 is 0 Å². The predicted molar refractivity (Wildman–Crippen MR) is 158 cm³/mol. The molecule has 2 aliphatic rings. The molecule has 2 heterocycles. The lowest BCUT2D eigenvalue weighted by molar-refractivity contribution is 0.669. The van der Waals surface area contributed by atoms with Crippen molar-refractivity contribution in [3.63, 3.8) is 0 Å². The van der Waals surface area contributed by atoms with Gasteiger partial charge in [0.15, 0.2) is 0 Å². The van der Waals surface area contributed by atoms with Crippen molar-refractivity contribution in [2.24, 2.45) is 0 Å². The highest BCUT2D eigenvalue weighted by molar-refractivity contribution is 6.06. The smallest absolute Gasteiger partial charge is 0.136 e. The molecule has 0 radical (unpaired) electrons. The fourth-order valence-corrected chi connectivity index (χ4v) is 6.49. The Labute approximate surface area is 231 Å². The van der Waals surface area contributed by atoms with Crippen molar-refractivity contribution in [3.05, 3.63) is 137 Å². The van der Waals surface area contributed by atoms with Gasteiger partial charge < -0.3 is 9.32 Å². The third kappa shape index (κ3) is 3.17. The van der Waals surface area contributed by atoms with Crippen LogP contribution >= 0.6 is 0 Å². The molecule has 4 nitrogen and oxygen atoms in total. The van der Waals surface area contributed by atoms with Gasteiger partial charge in [0.25, 0.3) is 0 Å². The van der Waals surface area contributed by atoms with Crippen molar-refractivity contribution in [2.45, 2.75) is 12.0 Å². The van der Waals surface area contributed by atoms with Gasteiger partial charge in [-0.25, -0.2) is 0 Å². The van der Waals surface area contributed by atoms with Crippen LogP contribution in [0.4, 0.5) is 11.4 Å². The van der Waals surface area contributed by atoms with Gasteiger partial charge in [0.2, 0.25) is 0 Å². The summed E-state index contributed by atoms with van der Waals surface area (Å²) in [4.78, 5) is 2.26. The van der Waals surface area contributed by atoms with Gasteiger partial charge in [-0.2, -0.15) is 10.5 Å². The van der Waals surface area contributed by atoms with Gasteiger partial charge in [0.05, 0.1) is 28.9 Å². The SMILES string of the molecule is N#Cc1ccc(N2c3ccc(-c4ccc5c(c4)oc4ccccc45)cc3C3c4ccccc4C=CC32)c(C#N)c1. The summed E-state index contributed by atoms with van der Waals surface area (Å²) in [6.45, 7) is 0. The maximum atomic E-state index is 10.0. The molecule has 1 aliphatic carbocycles. The summed E-state index contributed by atoms with van der Waals surface area (Å²) < 4.78 is 6.19. The Morgan fingerprint density at radius 2 is 1.43 bits per heavy atom. The van der Waals surface area contributed by atoms with Crippen LogP contribution in [0.15, 0.2) is 114 Å². The van der Waals surface area contributed by atoms with Gasteiger partial charge in [-0.3, -0.25) is 0 Å². The van der Waals surface area contributed by atoms with Crippen LogP contribution in [0.2, 0.25) is 0 Å². The summed E-state index contributed by atoms with van der Waals surface area (Å²) >= 11 is 0. The number of para-hydroxylation sites is 1. The average Bonchev–Trinajstić information content (AvgIpc) is 3.55. The van der Waals surface area contributed by atoms with Crippen molar-refractivity contribution in [1.29, 1.82) is 10.5 Å². The van der Waals surface area contributed by atoms with Gasteiger partial charge in [0, 0.05) is 22.4 Å². The Bertz CT molecular complexity index is 2120. The molecule has 6 aromatic rings. The molecule has 1 aliphatic heterocycles. The van der Waals surface area contributed by atoms with Gasteiger partial charge >= 0.3 is 0 Å². The number of nitriles is 2. The van der Waals surface area contributed by atoms with E-state index in [9.17, 15) is 10.5 Å². The van der Waals surface area contributed by atoms with Crippen molar-refractivity contribution < 1.29 is 4.42 Å². The molecule has 0 fully saturated rings. The first-order valence-corrected chi connectivity index (χ1v) is 13.3. The second-order valence-corrected chi connectivity index (χ2v) is 10.4. The molecule has 0 bridgehead atoms. The standard InChI is InChI=1S/C36H21N3O/c37-20-22-9-14-31(26(17-22)21-38)39-32-15-12-24(18-30(32)36-27-6-2-1-5-23(27)11-16-33(36)39)25-10-13-29-28-7-3-4-8-34(28)40-35(29)19-25/h1-19,33,36H. The molecule has 0 amide bonds. The molecule has 1 aromatic heterocycles. The number of furan rings is 1. The largest absolute Gasteiger partial charge is 0.456 e. The highest BCUT2D eigenvalue weighted by atomic mass is 16.3. The highest BCUT2D eigenvalue weighted by Crippen LogP contribution is 2.52. The van der Waals surface area contributed by atoms with E-state index in [0.717, 1.165) is 44.4 Å². The summed E-state index contributed by atoms with van der Waals surface area (Å²) in [5.74, 6) is 0.105. The summed E-state index contributed by atoms with van der Waals surface area (Å²) in [6.07, 6.45) is 4.42. The molecular formula is C36H21N3O. The second kappa shape index (κ2) is 8.46. The fourth-order valence-electron chi connectivity index (χ4n) is 6.49. The van der Waals surface area contributed by atoms with E-state index in [1.165, 1.54) is 16.7 Å². The van der Waals surface area contributed by atoms with Gasteiger partial charge in [-0.15, -0.1) is 0 Å². The summed E-state index contributed by atoms with van der Waals surface area (Å²) in [5.41, 5.74) is 10.6. The molecule has 4 heteroatoms. The van der Waals surface area contributed by atoms with Gasteiger partial charge in [0.1, 0.15) is 17.2 Å². The molecule has 40 heavy (non-hydrogen) atoms. The normalized spacial score (nSPS) is 16.8. The first-order chi connectivity index (χ1) is 19.7. The summed E-state index contributed by atoms with van der Waals surface area (Å²) in [6, 6.07) is 39.6. The molecule has 0 spiro atoms. The molecule has 2 unspecified atom stereocenters. The number of fused-ring (bicyclic) bond motifs is 8. The lowest BCUT2D eigenvalue weighted by atomic mass is 9.80. The molecule has 8 rings (SSSR count). The summed E-state index contributed by atoms with van der Waals surface area (Å²) in [5, 5.41) is 21.7. The molecular weight excluding hydrogens is 490 g/mol. The van der Waals surface area contributed by atoms with Gasteiger partial charge in [-0.05, 0) is 76.3 Å². The first-order valence-electron chi connectivity index (χ1n) is 13.3. The minimum absolute atomic E-state index is 0.0121. The number of benzene rings is 5. The lowest BCUT2D eigenvalue weighted by Crippen LogP contribution is -2.31. The van der Waals surface area contributed by atoms with Crippen LogP contribution in [-0.4, -0.2) is 6.04 Å². The average molecular weight is 512 g/mol. The number of hydrogen-bond donors (Lipinski definition) is 0. The lowest BCUT2D eigenvalue weighted by Gasteiger charge is -2.32. The second-order valence-electron chi connectivity index (χ2n) is 10.4. The van der Waals surface area contributed by atoms with Crippen LogP contribution in [0, 0.1) is 22.7 Å². The van der Waals surface area contributed by atoms with Crippen LogP contribution in [0.25, 0.3) is 39.1 Å². The monoisotopic (exact) mass is 511 g/mol. The van der Waals surface area contributed by atoms with Crippen molar-refractivity contribution in [2.75, 3.05) is 4.90 Å². The number of nitrogens with zero attached hydrogens (tertiary/aromatic N) is 3.